The summed E-state index contributed by atoms with van der Waals surface area (Å²) in [6.45, 7) is 1.69. The second-order valence-corrected chi connectivity index (χ2v) is 8.64. The largest absolute Gasteiger partial charge is 0.496 e. The fourth-order valence-electron chi connectivity index (χ4n) is 2.72. The molecule has 32 heavy (non-hydrogen) atoms. The van der Waals surface area contributed by atoms with Crippen LogP contribution in [0.1, 0.15) is 6.92 Å². The Morgan fingerprint density at radius 2 is 2.00 bits per heavy atom. The number of benzene rings is 2. The maximum absolute atomic E-state index is 13.4. The summed E-state index contributed by atoms with van der Waals surface area (Å²) in [5, 5.41) is 12.4. The SMILES string of the molecule is COc1ccccc1-c1nnc(S[C@H](C)C(=O)Nc2nc(-c3ccc(F)c(F)c3)cs2)o1. The van der Waals surface area contributed by atoms with E-state index < -0.39 is 16.9 Å². The smallest absolute Gasteiger partial charge is 0.277 e. The third kappa shape index (κ3) is 4.78. The molecule has 2 aromatic carbocycles. The number of nitrogens with zero attached hydrogens (tertiary/aromatic N) is 3. The highest BCUT2D eigenvalue weighted by Crippen LogP contribution is 2.32. The second kappa shape index (κ2) is 9.45. The Hall–Kier alpha value is -3.31. The van der Waals surface area contributed by atoms with Gasteiger partial charge >= 0.3 is 0 Å². The van der Waals surface area contributed by atoms with Crippen LogP contribution in [0.25, 0.3) is 22.7 Å². The van der Waals surface area contributed by atoms with Gasteiger partial charge in [0.2, 0.25) is 5.91 Å². The summed E-state index contributed by atoms with van der Waals surface area (Å²) >= 11 is 2.28. The molecule has 0 aliphatic carbocycles. The summed E-state index contributed by atoms with van der Waals surface area (Å²) in [5.74, 6) is -1.33. The predicted molar refractivity (Wildman–Crippen MR) is 118 cm³/mol. The minimum atomic E-state index is -0.960. The Kier molecular flexibility index (Phi) is 6.47. The number of hydrogen-bond donors (Lipinski definition) is 1. The van der Waals surface area contributed by atoms with Crippen LogP contribution in [-0.2, 0) is 4.79 Å². The highest BCUT2D eigenvalue weighted by molar-refractivity contribution is 8.00. The van der Waals surface area contributed by atoms with Crippen LogP contribution in [0.2, 0.25) is 0 Å². The number of carbonyl (C=O) groups is 1. The minimum Gasteiger partial charge on any atom is -0.496 e. The topological polar surface area (TPSA) is 90.1 Å². The van der Waals surface area contributed by atoms with Crippen molar-refractivity contribution in [2.24, 2.45) is 0 Å². The van der Waals surface area contributed by atoms with Gasteiger partial charge in [0, 0.05) is 10.9 Å². The molecule has 7 nitrogen and oxygen atoms in total. The van der Waals surface area contributed by atoms with Gasteiger partial charge in [-0.05, 0) is 37.3 Å². The van der Waals surface area contributed by atoms with Crippen molar-refractivity contribution >= 4 is 34.1 Å². The number of thioether (sulfide) groups is 1. The molecule has 0 aliphatic rings. The molecule has 2 heterocycles. The maximum atomic E-state index is 13.4. The van der Waals surface area contributed by atoms with E-state index in [0.717, 1.165) is 23.9 Å². The lowest BCUT2D eigenvalue weighted by atomic mass is 10.2. The first-order valence-corrected chi connectivity index (χ1v) is 11.1. The summed E-state index contributed by atoms with van der Waals surface area (Å²) in [6.07, 6.45) is 0. The quantitative estimate of drug-likeness (QED) is 0.365. The standard InChI is InChI=1S/C21H16F2N4O3S2/c1-11(32-21-27-26-19(30-21)13-5-3-4-6-17(13)29-2)18(28)25-20-24-16(10-31-20)12-7-8-14(22)15(23)9-12/h3-11H,1-2H3,(H,24,25,28)/t11-/m1/s1. The second-order valence-electron chi connectivity index (χ2n) is 6.49. The number of amides is 1. The zero-order valence-corrected chi connectivity index (χ0v) is 18.5. The van der Waals surface area contributed by atoms with E-state index in [1.807, 2.05) is 12.1 Å². The van der Waals surface area contributed by atoms with E-state index in [0.29, 0.717) is 27.7 Å². The monoisotopic (exact) mass is 474 g/mol. The van der Waals surface area contributed by atoms with Crippen LogP contribution < -0.4 is 10.1 Å². The Labute approximate surface area is 189 Å². The van der Waals surface area contributed by atoms with Crippen molar-refractivity contribution in [3.63, 3.8) is 0 Å². The lowest BCUT2D eigenvalue weighted by Gasteiger charge is -2.07. The van der Waals surface area contributed by atoms with E-state index in [9.17, 15) is 13.6 Å². The minimum absolute atomic E-state index is 0.232. The molecule has 11 heteroatoms. The molecule has 2 aromatic heterocycles. The number of rotatable bonds is 7. The lowest BCUT2D eigenvalue weighted by Crippen LogP contribution is -2.22. The molecule has 1 N–H and O–H groups in total. The zero-order chi connectivity index (χ0) is 22.7. The first kappa shape index (κ1) is 21.9. The van der Waals surface area contributed by atoms with Crippen molar-refractivity contribution < 1.29 is 22.7 Å². The van der Waals surface area contributed by atoms with Crippen molar-refractivity contribution in [1.29, 1.82) is 0 Å². The van der Waals surface area contributed by atoms with Crippen molar-refractivity contribution in [1.82, 2.24) is 15.2 Å². The van der Waals surface area contributed by atoms with Gasteiger partial charge in [0.25, 0.3) is 11.1 Å². The number of thiazole rings is 1. The molecular formula is C21H16F2N4O3S2. The molecule has 0 spiro atoms. The average molecular weight is 475 g/mol. The number of ether oxygens (including phenoxy) is 1. The van der Waals surface area contributed by atoms with Crippen LogP contribution in [0.3, 0.4) is 0 Å². The van der Waals surface area contributed by atoms with Crippen LogP contribution in [0.15, 0.2) is 57.5 Å². The van der Waals surface area contributed by atoms with Gasteiger partial charge in [0.1, 0.15) is 5.75 Å². The average Bonchev–Trinajstić information content (AvgIpc) is 3.45. The molecule has 0 saturated carbocycles. The summed E-state index contributed by atoms with van der Waals surface area (Å²) < 4.78 is 37.5. The van der Waals surface area contributed by atoms with E-state index in [2.05, 4.69) is 20.5 Å². The van der Waals surface area contributed by atoms with Crippen LogP contribution in [0, 0.1) is 11.6 Å². The van der Waals surface area contributed by atoms with Crippen LogP contribution in [0.4, 0.5) is 13.9 Å². The Bertz CT molecular complexity index is 1260. The van der Waals surface area contributed by atoms with Crippen molar-refractivity contribution in [2.75, 3.05) is 12.4 Å². The van der Waals surface area contributed by atoms with Crippen molar-refractivity contribution in [2.45, 2.75) is 17.4 Å². The van der Waals surface area contributed by atoms with Crippen LogP contribution in [0.5, 0.6) is 5.75 Å². The highest BCUT2D eigenvalue weighted by atomic mass is 32.2. The van der Waals surface area contributed by atoms with Gasteiger partial charge in [-0.25, -0.2) is 13.8 Å². The number of methoxy groups -OCH3 is 1. The van der Waals surface area contributed by atoms with Gasteiger partial charge in [-0.15, -0.1) is 21.5 Å². The van der Waals surface area contributed by atoms with Gasteiger partial charge < -0.3 is 14.5 Å². The number of hydrogen-bond acceptors (Lipinski definition) is 8. The number of nitrogens with one attached hydrogen (secondary N) is 1. The predicted octanol–water partition coefficient (Wildman–Crippen LogP) is 5.27. The molecule has 4 rings (SSSR count). The molecular weight excluding hydrogens is 458 g/mol. The van der Waals surface area contributed by atoms with Gasteiger partial charge in [-0.3, -0.25) is 4.79 Å². The van der Waals surface area contributed by atoms with Crippen LogP contribution in [-0.4, -0.2) is 33.4 Å². The summed E-state index contributed by atoms with van der Waals surface area (Å²) in [7, 11) is 1.55. The maximum Gasteiger partial charge on any atom is 0.277 e. The van der Waals surface area contributed by atoms with Gasteiger partial charge in [0.05, 0.1) is 23.6 Å². The molecule has 4 aromatic rings. The zero-order valence-electron chi connectivity index (χ0n) is 16.8. The van der Waals surface area contributed by atoms with Gasteiger partial charge in [-0.2, -0.15) is 0 Å². The molecule has 164 valence electrons. The third-order valence-electron chi connectivity index (χ3n) is 4.34. The summed E-state index contributed by atoms with van der Waals surface area (Å²) in [6, 6.07) is 10.8. The number of halogens is 2. The number of para-hydroxylation sites is 1. The van der Waals surface area contributed by atoms with E-state index in [-0.39, 0.29) is 17.0 Å². The molecule has 0 saturated heterocycles. The summed E-state index contributed by atoms with van der Waals surface area (Å²) in [5.41, 5.74) is 1.50. The summed E-state index contributed by atoms with van der Waals surface area (Å²) in [4.78, 5) is 16.8. The first-order chi connectivity index (χ1) is 15.4. The number of aromatic nitrogens is 3. The Morgan fingerprint density at radius 1 is 1.19 bits per heavy atom. The normalized spacial score (nSPS) is 11.9. The molecule has 0 radical (unpaired) electrons. The van der Waals surface area contributed by atoms with Gasteiger partial charge in [0.15, 0.2) is 16.8 Å². The molecule has 1 atom stereocenters. The molecule has 0 fully saturated rings. The highest BCUT2D eigenvalue weighted by Gasteiger charge is 2.21. The molecule has 0 bridgehead atoms. The Morgan fingerprint density at radius 3 is 2.78 bits per heavy atom. The van der Waals surface area contributed by atoms with E-state index in [1.54, 1.807) is 31.5 Å². The van der Waals surface area contributed by atoms with E-state index >= 15 is 0 Å². The first-order valence-electron chi connectivity index (χ1n) is 9.30. The van der Waals surface area contributed by atoms with Crippen molar-refractivity contribution in [3.8, 4) is 28.5 Å². The third-order valence-corrected chi connectivity index (χ3v) is 6.03. The van der Waals surface area contributed by atoms with E-state index in [1.165, 1.54) is 17.4 Å². The van der Waals surface area contributed by atoms with Crippen LogP contribution >= 0.6 is 23.1 Å². The van der Waals surface area contributed by atoms with Crippen molar-refractivity contribution in [3.05, 3.63) is 59.5 Å². The van der Waals surface area contributed by atoms with E-state index in [4.69, 9.17) is 9.15 Å². The fraction of sp³-hybridized carbons (Fsp3) is 0.143. The molecule has 0 unspecified atom stereocenters. The lowest BCUT2D eigenvalue weighted by molar-refractivity contribution is -0.115. The van der Waals surface area contributed by atoms with Gasteiger partial charge in [-0.1, -0.05) is 23.9 Å². The number of anilines is 1. The molecule has 1 amide bonds. The molecule has 0 aliphatic heterocycles. The fourth-order valence-corrected chi connectivity index (χ4v) is 4.12. The Balaban J connectivity index is 1.40. The number of carbonyl (C=O) groups excluding carboxylic acids is 1.